The predicted octanol–water partition coefficient (Wildman–Crippen LogP) is 5.45. The van der Waals surface area contributed by atoms with Gasteiger partial charge in [-0.15, -0.1) is 0 Å². The van der Waals surface area contributed by atoms with Crippen LogP contribution in [0.2, 0.25) is 10.0 Å². The summed E-state index contributed by atoms with van der Waals surface area (Å²) in [6.45, 7) is 0.276. The number of benzene rings is 2. The van der Waals surface area contributed by atoms with Crippen LogP contribution in [0.1, 0.15) is 34.1 Å². The minimum atomic E-state index is -4.81. The Hall–Kier alpha value is -2.71. The molecule has 3 aromatic rings. The Morgan fingerprint density at radius 2 is 1.90 bits per heavy atom. The van der Waals surface area contributed by atoms with E-state index in [0.717, 1.165) is 6.20 Å². The van der Waals surface area contributed by atoms with Crippen molar-refractivity contribution < 1.29 is 22.7 Å². The van der Waals surface area contributed by atoms with E-state index >= 15 is 0 Å². The summed E-state index contributed by atoms with van der Waals surface area (Å²) in [6.07, 6.45) is -3.50. The average molecular weight is 456 g/mol. The molecule has 1 aliphatic heterocycles. The first-order chi connectivity index (χ1) is 14.3. The number of halogens is 5. The topological polar surface area (TPSA) is 56.1 Å². The van der Waals surface area contributed by atoms with Crippen LogP contribution < -0.4 is 10.1 Å². The third-order valence-electron chi connectivity index (χ3n) is 4.68. The van der Waals surface area contributed by atoms with Gasteiger partial charge in [0.05, 0.1) is 35.1 Å². The molecule has 5 nitrogen and oxygen atoms in total. The van der Waals surface area contributed by atoms with Gasteiger partial charge in [0.1, 0.15) is 5.75 Å². The molecular weight excluding hydrogens is 442 g/mol. The monoisotopic (exact) mass is 455 g/mol. The fourth-order valence-electron chi connectivity index (χ4n) is 3.34. The molecule has 156 valence electrons. The van der Waals surface area contributed by atoms with E-state index in [1.807, 2.05) is 0 Å². The van der Waals surface area contributed by atoms with Crippen LogP contribution in [-0.2, 0) is 6.18 Å². The van der Waals surface area contributed by atoms with E-state index < -0.39 is 29.4 Å². The van der Waals surface area contributed by atoms with Crippen molar-refractivity contribution in [3.8, 4) is 11.4 Å². The zero-order valence-corrected chi connectivity index (χ0v) is 16.7. The number of ether oxygens (including phenoxy) is 1. The highest BCUT2D eigenvalue weighted by Crippen LogP contribution is 2.38. The molecule has 1 amide bonds. The van der Waals surface area contributed by atoms with Gasteiger partial charge in [-0.05, 0) is 30.3 Å². The Labute approximate surface area is 179 Å². The van der Waals surface area contributed by atoms with Crippen LogP contribution in [0.3, 0.4) is 0 Å². The maximum absolute atomic E-state index is 13.8. The molecule has 1 aliphatic rings. The molecule has 0 saturated heterocycles. The number of nitrogens with one attached hydrogen (secondary N) is 1. The molecule has 0 saturated carbocycles. The molecule has 0 spiro atoms. The Bertz CT molecular complexity index is 1100. The summed E-state index contributed by atoms with van der Waals surface area (Å²) in [5.74, 6) is -0.469. The summed E-state index contributed by atoms with van der Waals surface area (Å²) in [4.78, 5) is 12.8. The summed E-state index contributed by atoms with van der Waals surface area (Å²) in [7, 11) is 0. The summed E-state index contributed by atoms with van der Waals surface area (Å²) < 4.78 is 47.7. The van der Waals surface area contributed by atoms with Crippen molar-refractivity contribution in [2.75, 3.05) is 6.61 Å². The molecule has 4 rings (SSSR count). The number of nitrogens with zero attached hydrogens (tertiary/aromatic N) is 2. The summed E-state index contributed by atoms with van der Waals surface area (Å²) >= 11 is 11.9. The van der Waals surface area contributed by atoms with Gasteiger partial charge in [-0.3, -0.25) is 4.79 Å². The van der Waals surface area contributed by atoms with Crippen molar-refractivity contribution in [2.45, 2.75) is 18.6 Å². The minimum Gasteiger partial charge on any atom is -0.492 e. The second-order valence-corrected chi connectivity index (χ2v) is 7.46. The van der Waals surface area contributed by atoms with E-state index in [2.05, 4.69) is 10.4 Å². The second-order valence-electron chi connectivity index (χ2n) is 6.61. The SMILES string of the molecule is O=C(NC1CCOc2c(Cl)cccc21)c1cnn(-c2ccc(Cl)cc2)c1C(F)(F)F. The standard InChI is InChI=1S/C20H14Cl2F3N3O2/c21-11-4-6-12(7-5-11)28-18(20(23,24)25)14(10-26-28)19(29)27-16-8-9-30-17-13(16)2-1-3-15(17)22/h1-7,10,16H,8-9H2,(H,27,29). The Morgan fingerprint density at radius 3 is 2.60 bits per heavy atom. The molecule has 2 heterocycles. The Morgan fingerprint density at radius 1 is 1.17 bits per heavy atom. The van der Waals surface area contributed by atoms with Crippen LogP contribution in [0.25, 0.3) is 5.69 Å². The maximum atomic E-state index is 13.8. The van der Waals surface area contributed by atoms with Crippen molar-refractivity contribution in [2.24, 2.45) is 0 Å². The van der Waals surface area contributed by atoms with E-state index in [1.54, 1.807) is 18.2 Å². The quantitative estimate of drug-likeness (QED) is 0.570. The lowest BCUT2D eigenvalue weighted by molar-refractivity contribution is -0.143. The van der Waals surface area contributed by atoms with E-state index in [9.17, 15) is 18.0 Å². The molecule has 0 bridgehead atoms. The molecular formula is C20H14Cl2F3N3O2. The Kier molecular flexibility index (Phi) is 5.38. The van der Waals surface area contributed by atoms with Gasteiger partial charge in [-0.2, -0.15) is 18.3 Å². The lowest BCUT2D eigenvalue weighted by Crippen LogP contribution is -2.33. The minimum absolute atomic E-state index is 0.133. The number of hydrogen-bond donors (Lipinski definition) is 1. The summed E-state index contributed by atoms with van der Waals surface area (Å²) in [5.41, 5.74) is -0.997. The maximum Gasteiger partial charge on any atom is 0.434 e. The molecule has 30 heavy (non-hydrogen) atoms. The first-order valence-electron chi connectivity index (χ1n) is 8.89. The van der Waals surface area contributed by atoms with Gasteiger partial charge in [0.15, 0.2) is 5.69 Å². The first kappa shape index (κ1) is 20.6. The van der Waals surface area contributed by atoms with Gasteiger partial charge >= 0.3 is 6.18 Å². The van der Waals surface area contributed by atoms with E-state index in [4.69, 9.17) is 27.9 Å². The van der Waals surface area contributed by atoms with Crippen molar-refractivity contribution in [1.29, 1.82) is 0 Å². The van der Waals surface area contributed by atoms with Gasteiger partial charge in [0, 0.05) is 17.0 Å². The number of amides is 1. The lowest BCUT2D eigenvalue weighted by Gasteiger charge is -2.27. The van der Waals surface area contributed by atoms with E-state index in [1.165, 1.54) is 24.3 Å². The number of hydrogen-bond acceptors (Lipinski definition) is 3. The second kappa shape index (κ2) is 7.85. The van der Waals surface area contributed by atoms with Crippen LogP contribution in [0, 0.1) is 0 Å². The van der Waals surface area contributed by atoms with Crippen LogP contribution in [0.4, 0.5) is 13.2 Å². The van der Waals surface area contributed by atoms with E-state index in [0.29, 0.717) is 32.5 Å². The molecule has 10 heteroatoms. The molecule has 2 aromatic carbocycles. The number of carbonyl (C=O) groups is 1. The van der Waals surface area contributed by atoms with Crippen molar-refractivity contribution in [3.05, 3.63) is 75.5 Å². The zero-order chi connectivity index (χ0) is 21.5. The lowest BCUT2D eigenvalue weighted by atomic mass is 10.00. The van der Waals surface area contributed by atoms with Gasteiger partial charge < -0.3 is 10.1 Å². The van der Waals surface area contributed by atoms with Gasteiger partial charge in [-0.25, -0.2) is 4.68 Å². The van der Waals surface area contributed by atoms with Crippen LogP contribution >= 0.6 is 23.2 Å². The smallest absolute Gasteiger partial charge is 0.434 e. The molecule has 1 unspecified atom stereocenters. The fraction of sp³-hybridized carbons (Fsp3) is 0.200. The molecule has 0 radical (unpaired) electrons. The van der Waals surface area contributed by atoms with Crippen molar-refractivity contribution in [3.63, 3.8) is 0 Å². The van der Waals surface area contributed by atoms with Crippen molar-refractivity contribution in [1.82, 2.24) is 15.1 Å². The average Bonchev–Trinajstić information content (AvgIpc) is 3.15. The molecule has 0 aliphatic carbocycles. The molecule has 1 aromatic heterocycles. The molecule has 1 atom stereocenters. The molecule has 1 N–H and O–H groups in total. The van der Waals surface area contributed by atoms with Gasteiger partial charge in [-0.1, -0.05) is 35.3 Å². The third-order valence-corrected chi connectivity index (χ3v) is 5.23. The van der Waals surface area contributed by atoms with Gasteiger partial charge in [0.2, 0.25) is 0 Å². The molecule has 0 fully saturated rings. The summed E-state index contributed by atoms with van der Waals surface area (Å²) in [5, 5.41) is 7.20. The summed E-state index contributed by atoms with van der Waals surface area (Å²) in [6, 6.07) is 10.2. The fourth-order valence-corrected chi connectivity index (χ4v) is 3.70. The zero-order valence-electron chi connectivity index (χ0n) is 15.2. The van der Waals surface area contributed by atoms with E-state index in [-0.39, 0.29) is 12.3 Å². The Balaban J connectivity index is 1.69. The normalized spacial score (nSPS) is 16.0. The van der Waals surface area contributed by atoms with Crippen molar-refractivity contribution >= 4 is 29.1 Å². The van der Waals surface area contributed by atoms with Gasteiger partial charge in [0.25, 0.3) is 5.91 Å². The highest BCUT2D eigenvalue weighted by Gasteiger charge is 2.41. The number of aromatic nitrogens is 2. The number of carbonyl (C=O) groups excluding carboxylic acids is 1. The number of para-hydroxylation sites is 1. The third kappa shape index (κ3) is 3.85. The van der Waals surface area contributed by atoms with Crippen LogP contribution in [-0.4, -0.2) is 22.3 Å². The first-order valence-corrected chi connectivity index (χ1v) is 9.64. The number of fused-ring (bicyclic) bond motifs is 1. The predicted molar refractivity (Wildman–Crippen MR) is 105 cm³/mol. The number of rotatable bonds is 3. The van der Waals surface area contributed by atoms with Crippen LogP contribution in [0.5, 0.6) is 5.75 Å². The van der Waals surface area contributed by atoms with Crippen LogP contribution in [0.15, 0.2) is 48.7 Å². The number of alkyl halides is 3. The largest absolute Gasteiger partial charge is 0.492 e. The highest BCUT2D eigenvalue weighted by atomic mass is 35.5. The highest BCUT2D eigenvalue weighted by molar-refractivity contribution is 6.32.